The zero-order valence-corrected chi connectivity index (χ0v) is 11.6. The van der Waals surface area contributed by atoms with Crippen LogP contribution in [0.2, 0.25) is 5.02 Å². The lowest BCUT2D eigenvalue weighted by atomic mass is 10.1. The van der Waals surface area contributed by atoms with Gasteiger partial charge in [0.1, 0.15) is 0 Å². The normalized spacial score (nSPS) is 10.4. The van der Waals surface area contributed by atoms with E-state index in [1.54, 1.807) is 0 Å². The number of hydrogen-bond donors (Lipinski definition) is 2. The lowest BCUT2D eigenvalue weighted by molar-refractivity contribution is 1.36. The van der Waals surface area contributed by atoms with Crippen LogP contribution in [0, 0.1) is 20.8 Å². The van der Waals surface area contributed by atoms with Crippen LogP contribution in [0.3, 0.4) is 0 Å². The standard InChI is InChI=1S/C15H17ClN2/c1-9-4-5-10(2)14(6-9)18-15-8-12(16)13(17)7-11(15)3/h4-8,18H,17H2,1-3H3. The van der Waals surface area contributed by atoms with Gasteiger partial charge in [0.15, 0.2) is 0 Å². The molecule has 0 heterocycles. The molecule has 0 bridgehead atoms. The van der Waals surface area contributed by atoms with Gasteiger partial charge in [-0.25, -0.2) is 0 Å². The molecule has 0 atom stereocenters. The summed E-state index contributed by atoms with van der Waals surface area (Å²) in [5.41, 5.74) is 12.0. The van der Waals surface area contributed by atoms with E-state index < -0.39 is 0 Å². The van der Waals surface area contributed by atoms with Gasteiger partial charge in [-0.2, -0.15) is 0 Å². The Morgan fingerprint density at radius 2 is 1.61 bits per heavy atom. The lowest BCUT2D eigenvalue weighted by Gasteiger charge is -2.14. The fourth-order valence-corrected chi connectivity index (χ4v) is 2.02. The van der Waals surface area contributed by atoms with Crippen LogP contribution in [0.4, 0.5) is 17.1 Å². The van der Waals surface area contributed by atoms with E-state index in [4.69, 9.17) is 17.3 Å². The minimum atomic E-state index is 0.577. The van der Waals surface area contributed by atoms with Crippen molar-refractivity contribution in [2.45, 2.75) is 20.8 Å². The van der Waals surface area contributed by atoms with Gasteiger partial charge >= 0.3 is 0 Å². The molecule has 0 unspecified atom stereocenters. The second kappa shape index (κ2) is 4.91. The maximum Gasteiger partial charge on any atom is 0.0656 e. The van der Waals surface area contributed by atoms with E-state index in [1.165, 1.54) is 11.1 Å². The van der Waals surface area contributed by atoms with Gasteiger partial charge in [0.05, 0.1) is 10.7 Å². The highest BCUT2D eigenvalue weighted by Gasteiger charge is 2.05. The molecule has 3 heteroatoms. The van der Waals surface area contributed by atoms with Crippen LogP contribution in [-0.4, -0.2) is 0 Å². The predicted octanol–water partition coefficient (Wildman–Crippen LogP) is 4.59. The molecule has 18 heavy (non-hydrogen) atoms. The van der Waals surface area contributed by atoms with Gasteiger partial charge in [-0.05, 0) is 55.7 Å². The molecule has 0 spiro atoms. The Morgan fingerprint density at radius 1 is 0.944 bits per heavy atom. The summed E-state index contributed by atoms with van der Waals surface area (Å²) in [6.07, 6.45) is 0. The van der Waals surface area contributed by atoms with Crippen LogP contribution in [0.15, 0.2) is 30.3 Å². The molecule has 94 valence electrons. The van der Waals surface area contributed by atoms with E-state index in [2.05, 4.69) is 37.4 Å². The molecule has 3 N–H and O–H groups in total. The smallest absolute Gasteiger partial charge is 0.0656 e. The van der Waals surface area contributed by atoms with Crippen molar-refractivity contribution in [1.82, 2.24) is 0 Å². The highest BCUT2D eigenvalue weighted by atomic mass is 35.5. The summed E-state index contributed by atoms with van der Waals surface area (Å²) in [6.45, 7) is 6.17. The molecule has 0 amide bonds. The monoisotopic (exact) mass is 260 g/mol. The van der Waals surface area contributed by atoms with Crippen LogP contribution < -0.4 is 11.1 Å². The topological polar surface area (TPSA) is 38.0 Å². The van der Waals surface area contributed by atoms with Gasteiger partial charge in [-0.15, -0.1) is 0 Å². The number of hydrogen-bond acceptors (Lipinski definition) is 2. The number of aryl methyl sites for hydroxylation is 3. The fourth-order valence-electron chi connectivity index (χ4n) is 1.85. The van der Waals surface area contributed by atoms with Gasteiger partial charge in [0, 0.05) is 11.4 Å². The van der Waals surface area contributed by atoms with Crippen LogP contribution in [-0.2, 0) is 0 Å². The van der Waals surface area contributed by atoms with E-state index in [9.17, 15) is 0 Å². The highest BCUT2D eigenvalue weighted by Crippen LogP contribution is 2.30. The first-order valence-electron chi connectivity index (χ1n) is 5.87. The summed E-state index contributed by atoms with van der Waals surface area (Å²) in [5.74, 6) is 0. The summed E-state index contributed by atoms with van der Waals surface area (Å²) >= 11 is 6.06. The first-order valence-corrected chi connectivity index (χ1v) is 6.25. The van der Waals surface area contributed by atoms with Gasteiger partial charge < -0.3 is 11.1 Å². The first-order chi connectivity index (χ1) is 8.47. The molecule has 0 aliphatic rings. The van der Waals surface area contributed by atoms with Gasteiger partial charge in [-0.1, -0.05) is 23.7 Å². The average molecular weight is 261 g/mol. The first kappa shape index (κ1) is 12.8. The van der Waals surface area contributed by atoms with Gasteiger partial charge in [0.25, 0.3) is 0 Å². The summed E-state index contributed by atoms with van der Waals surface area (Å²) < 4.78 is 0. The molecule has 2 aromatic carbocycles. The minimum Gasteiger partial charge on any atom is -0.398 e. The summed E-state index contributed by atoms with van der Waals surface area (Å²) in [6, 6.07) is 10.1. The molecule has 0 aromatic heterocycles. The third-order valence-corrected chi connectivity index (χ3v) is 3.33. The maximum absolute atomic E-state index is 6.06. The number of benzene rings is 2. The quantitative estimate of drug-likeness (QED) is 0.775. The van der Waals surface area contributed by atoms with Crippen LogP contribution in [0.1, 0.15) is 16.7 Å². The second-order valence-electron chi connectivity index (χ2n) is 4.63. The Bertz CT molecular complexity index is 591. The van der Waals surface area contributed by atoms with E-state index in [0.717, 1.165) is 16.9 Å². The molecule has 0 aliphatic heterocycles. The number of nitrogens with one attached hydrogen (secondary N) is 1. The van der Waals surface area contributed by atoms with Gasteiger partial charge in [-0.3, -0.25) is 0 Å². The van der Waals surface area contributed by atoms with E-state index in [0.29, 0.717) is 10.7 Å². The average Bonchev–Trinajstić information content (AvgIpc) is 2.30. The van der Waals surface area contributed by atoms with E-state index in [1.807, 2.05) is 19.1 Å². The van der Waals surface area contributed by atoms with Crippen LogP contribution in [0.5, 0.6) is 0 Å². The van der Waals surface area contributed by atoms with Crippen molar-refractivity contribution < 1.29 is 0 Å². The van der Waals surface area contributed by atoms with Crippen molar-refractivity contribution in [3.8, 4) is 0 Å². The van der Waals surface area contributed by atoms with Crippen molar-refractivity contribution in [3.05, 3.63) is 52.0 Å². The highest BCUT2D eigenvalue weighted by molar-refractivity contribution is 6.33. The molecule has 0 saturated carbocycles. The Balaban J connectivity index is 2.40. The molecular weight excluding hydrogens is 244 g/mol. The molecule has 0 radical (unpaired) electrons. The Morgan fingerprint density at radius 3 is 2.33 bits per heavy atom. The Labute approximate surface area is 113 Å². The molecule has 2 nitrogen and oxygen atoms in total. The zero-order valence-electron chi connectivity index (χ0n) is 10.8. The van der Waals surface area contributed by atoms with Gasteiger partial charge in [0.2, 0.25) is 0 Å². The number of nitrogens with two attached hydrogens (primary N) is 1. The van der Waals surface area contributed by atoms with Crippen LogP contribution >= 0.6 is 11.6 Å². The fraction of sp³-hybridized carbons (Fsp3) is 0.200. The Kier molecular flexibility index (Phi) is 3.48. The number of halogens is 1. The third-order valence-electron chi connectivity index (χ3n) is 3.01. The van der Waals surface area contributed by atoms with Crippen molar-refractivity contribution in [3.63, 3.8) is 0 Å². The van der Waals surface area contributed by atoms with Crippen molar-refractivity contribution in [2.24, 2.45) is 0 Å². The number of rotatable bonds is 2. The van der Waals surface area contributed by atoms with E-state index in [-0.39, 0.29) is 0 Å². The second-order valence-corrected chi connectivity index (χ2v) is 5.04. The SMILES string of the molecule is Cc1ccc(C)c(Nc2cc(Cl)c(N)cc2C)c1. The lowest BCUT2D eigenvalue weighted by Crippen LogP contribution is -1.98. The Hall–Kier alpha value is -1.67. The van der Waals surface area contributed by atoms with Crippen molar-refractivity contribution in [2.75, 3.05) is 11.1 Å². The zero-order chi connectivity index (χ0) is 13.3. The molecule has 0 fully saturated rings. The predicted molar refractivity (Wildman–Crippen MR) is 79.8 cm³/mol. The minimum absolute atomic E-state index is 0.577. The summed E-state index contributed by atoms with van der Waals surface area (Å²) in [5, 5.41) is 3.99. The molecular formula is C15H17ClN2. The summed E-state index contributed by atoms with van der Waals surface area (Å²) in [4.78, 5) is 0. The largest absolute Gasteiger partial charge is 0.398 e. The summed E-state index contributed by atoms with van der Waals surface area (Å²) in [7, 11) is 0. The van der Waals surface area contributed by atoms with Crippen molar-refractivity contribution in [1.29, 1.82) is 0 Å². The molecule has 0 saturated heterocycles. The number of nitrogen functional groups attached to an aromatic ring is 1. The number of anilines is 3. The molecule has 2 rings (SSSR count). The third kappa shape index (κ3) is 2.59. The van der Waals surface area contributed by atoms with E-state index >= 15 is 0 Å². The molecule has 2 aromatic rings. The van der Waals surface area contributed by atoms with Crippen LogP contribution in [0.25, 0.3) is 0 Å². The maximum atomic E-state index is 6.06. The molecule has 0 aliphatic carbocycles. The van der Waals surface area contributed by atoms with Crippen molar-refractivity contribution >= 4 is 28.7 Å².